The van der Waals surface area contributed by atoms with Crippen LogP contribution in [-0.4, -0.2) is 23.1 Å². The van der Waals surface area contributed by atoms with Crippen molar-refractivity contribution in [2.24, 2.45) is 0 Å². The number of hydrogen-bond acceptors (Lipinski definition) is 4. The molecule has 0 aliphatic carbocycles. The molecule has 30 heavy (non-hydrogen) atoms. The molecule has 0 radical (unpaired) electrons. The van der Waals surface area contributed by atoms with E-state index in [0.717, 1.165) is 33.0 Å². The third-order valence-electron chi connectivity index (χ3n) is 4.91. The number of thiazole rings is 1. The van der Waals surface area contributed by atoms with Gasteiger partial charge in [-0.3, -0.25) is 4.79 Å². The SMILES string of the molecule is Cc1ccc(CC(C)OC(C)C)cc1CNC(=O)c1nc(-c2ccccc2)sc1C. The molecular formula is C25H30N2O2S. The molecule has 2 aromatic carbocycles. The molecule has 1 N–H and O–H groups in total. The highest BCUT2D eigenvalue weighted by atomic mass is 32.1. The Morgan fingerprint density at radius 1 is 1.10 bits per heavy atom. The van der Waals surface area contributed by atoms with Crippen LogP contribution in [-0.2, 0) is 17.7 Å². The smallest absolute Gasteiger partial charge is 0.271 e. The van der Waals surface area contributed by atoms with E-state index in [1.54, 1.807) is 11.3 Å². The minimum Gasteiger partial charge on any atom is -0.376 e. The van der Waals surface area contributed by atoms with Crippen LogP contribution in [0.2, 0.25) is 0 Å². The number of nitrogens with zero attached hydrogens (tertiary/aromatic N) is 1. The quantitative estimate of drug-likeness (QED) is 0.506. The van der Waals surface area contributed by atoms with E-state index >= 15 is 0 Å². The zero-order valence-electron chi connectivity index (χ0n) is 18.4. The largest absolute Gasteiger partial charge is 0.376 e. The van der Waals surface area contributed by atoms with Crippen LogP contribution in [0.15, 0.2) is 48.5 Å². The van der Waals surface area contributed by atoms with Crippen LogP contribution in [0.1, 0.15) is 52.8 Å². The lowest BCUT2D eigenvalue weighted by molar-refractivity contribution is 0.0195. The molecule has 0 saturated carbocycles. The lowest BCUT2D eigenvalue weighted by Crippen LogP contribution is -2.24. The molecule has 0 fully saturated rings. The Morgan fingerprint density at radius 3 is 2.53 bits per heavy atom. The number of ether oxygens (including phenoxy) is 1. The molecule has 0 spiro atoms. The van der Waals surface area contributed by atoms with Gasteiger partial charge in [-0.2, -0.15) is 0 Å². The van der Waals surface area contributed by atoms with Gasteiger partial charge in [-0.15, -0.1) is 11.3 Å². The fourth-order valence-corrected chi connectivity index (χ4v) is 4.37. The summed E-state index contributed by atoms with van der Waals surface area (Å²) in [5.74, 6) is -0.132. The van der Waals surface area contributed by atoms with Gasteiger partial charge in [0.1, 0.15) is 10.7 Å². The van der Waals surface area contributed by atoms with Crippen LogP contribution in [0, 0.1) is 13.8 Å². The van der Waals surface area contributed by atoms with Gasteiger partial charge in [0, 0.05) is 17.0 Å². The highest BCUT2D eigenvalue weighted by Gasteiger charge is 2.16. The third-order valence-corrected chi connectivity index (χ3v) is 5.93. The second-order valence-corrected chi connectivity index (χ2v) is 9.14. The fourth-order valence-electron chi connectivity index (χ4n) is 3.46. The van der Waals surface area contributed by atoms with Gasteiger partial charge in [-0.05, 0) is 57.7 Å². The van der Waals surface area contributed by atoms with Crippen LogP contribution >= 0.6 is 11.3 Å². The summed E-state index contributed by atoms with van der Waals surface area (Å²) in [6.07, 6.45) is 1.22. The van der Waals surface area contributed by atoms with Gasteiger partial charge in [0.2, 0.25) is 0 Å². The summed E-state index contributed by atoms with van der Waals surface area (Å²) >= 11 is 1.55. The molecule has 3 aromatic rings. The van der Waals surface area contributed by atoms with Gasteiger partial charge in [0.05, 0.1) is 12.2 Å². The summed E-state index contributed by atoms with van der Waals surface area (Å²) in [6, 6.07) is 16.4. The number of carbonyl (C=O) groups excluding carboxylic acids is 1. The van der Waals surface area contributed by atoms with Crippen molar-refractivity contribution in [2.45, 2.75) is 59.8 Å². The molecule has 1 unspecified atom stereocenters. The topological polar surface area (TPSA) is 51.2 Å². The third kappa shape index (κ3) is 5.77. The summed E-state index contributed by atoms with van der Waals surface area (Å²) in [4.78, 5) is 18.3. The van der Waals surface area contributed by atoms with Crippen molar-refractivity contribution in [2.75, 3.05) is 0 Å². The average molecular weight is 423 g/mol. The fraction of sp³-hybridized carbons (Fsp3) is 0.360. The maximum Gasteiger partial charge on any atom is 0.271 e. The lowest BCUT2D eigenvalue weighted by Gasteiger charge is -2.17. The Balaban J connectivity index is 1.67. The van der Waals surface area contributed by atoms with Gasteiger partial charge in [-0.25, -0.2) is 4.98 Å². The number of aromatic nitrogens is 1. The Kier molecular flexibility index (Phi) is 7.40. The molecule has 158 valence electrons. The van der Waals surface area contributed by atoms with E-state index in [4.69, 9.17) is 4.74 Å². The van der Waals surface area contributed by atoms with Crippen LogP contribution in [0.4, 0.5) is 0 Å². The summed E-state index contributed by atoms with van der Waals surface area (Å²) in [7, 11) is 0. The Labute approximate surface area is 183 Å². The standard InChI is InChI=1S/C25H30N2O2S/c1-16(2)29-18(4)13-20-12-11-17(3)22(14-20)15-26-24(28)23-19(5)30-25(27-23)21-9-7-6-8-10-21/h6-12,14,16,18H,13,15H2,1-5H3,(H,26,28). The first kappa shape index (κ1) is 22.2. The monoisotopic (exact) mass is 422 g/mol. The molecule has 1 amide bonds. The van der Waals surface area contributed by atoms with Crippen molar-refractivity contribution in [3.8, 4) is 10.6 Å². The van der Waals surface area contributed by atoms with E-state index in [1.165, 1.54) is 5.56 Å². The number of rotatable bonds is 8. The zero-order chi connectivity index (χ0) is 21.7. The van der Waals surface area contributed by atoms with E-state index in [0.29, 0.717) is 12.2 Å². The summed E-state index contributed by atoms with van der Waals surface area (Å²) < 4.78 is 5.86. The Morgan fingerprint density at radius 2 is 1.83 bits per heavy atom. The molecule has 5 heteroatoms. The molecule has 4 nitrogen and oxygen atoms in total. The molecule has 0 saturated heterocycles. The predicted molar refractivity (Wildman–Crippen MR) is 124 cm³/mol. The van der Waals surface area contributed by atoms with Crippen LogP contribution in [0.3, 0.4) is 0 Å². The maximum absolute atomic E-state index is 12.8. The second-order valence-electron chi connectivity index (χ2n) is 7.93. The van der Waals surface area contributed by atoms with Gasteiger partial charge in [0.25, 0.3) is 5.91 Å². The lowest BCUT2D eigenvalue weighted by atomic mass is 10.0. The van der Waals surface area contributed by atoms with Crippen LogP contribution < -0.4 is 5.32 Å². The number of benzene rings is 2. The van der Waals surface area contributed by atoms with Crippen LogP contribution in [0.25, 0.3) is 10.6 Å². The molecule has 3 rings (SSSR count). The van der Waals surface area contributed by atoms with E-state index in [-0.39, 0.29) is 18.1 Å². The highest BCUT2D eigenvalue weighted by Crippen LogP contribution is 2.27. The van der Waals surface area contributed by atoms with Crippen molar-refractivity contribution in [1.82, 2.24) is 10.3 Å². The van der Waals surface area contributed by atoms with E-state index in [1.807, 2.05) is 37.3 Å². The number of nitrogens with one attached hydrogen (secondary N) is 1. The van der Waals surface area contributed by atoms with Gasteiger partial charge in [-0.1, -0.05) is 48.5 Å². The minimum absolute atomic E-state index is 0.132. The Hall–Kier alpha value is -2.50. The number of aryl methyl sites for hydroxylation is 2. The molecule has 0 aliphatic heterocycles. The summed E-state index contributed by atoms with van der Waals surface area (Å²) in [5.41, 5.74) is 5.04. The average Bonchev–Trinajstić information content (AvgIpc) is 3.10. The molecule has 1 heterocycles. The number of hydrogen-bond donors (Lipinski definition) is 1. The maximum atomic E-state index is 12.8. The first-order chi connectivity index (χ1) is 14.3. The van der Waals surface area contributed by atoms with Gasteiger partial charge in [0.15, 0.2) is 0 Å². The molecule has 1 aromatic heterocycles. The molecule has 0 aliphatic rings. The highest BCUT2D eigenvalue weighted by molar-refractivity contribution is 7.15. The number of amides is 1. The van der Waals surface area contributed by atoms with Crippen molar-refractivity contribution in [3.63, 3.8) is 0 Å². The van der Waals surface area contributed by atoms with Gasteiger partial charge < -0.3 is 10.1 Å². The van der Waals surface area contributed by atoms with E-state index in [9.17, 15) is 4.79 Å². The van der Waals surface area contributed by atoms with Crippen molar-refractivity contribution in [3.05, 3.63) is 75.8 Å². The van der Waals surface area contributed by atoms with Crippen molar-refractivity contribution >= 4 is 17.2 Å². The predicted octanol–water partition coefficient (Wildman–Crippen LogP) is 5.71. The molecule has 0 bridgehead atoms. The van der Waals surface area contributed by atoms with Crippen LogP contribution in [0.5, 0.6) is 0 Å². The second kappa shape index (κ2) is 10.0. The number of carbonyl (C=O) groups is 1. The summed E-state index contributed by atoms with van der Waals surface area (Å²) in [5, 5.41) is 3.92. The Bertz CT molecular complexity index is 996. The van der Waals surface area contributed by atoms with E-state index in [2.05, 4.69) is 56.2 Å². The van der Waals surface area contributed by atoms with E-state index < -0.39 is 0 Å². The molecule has 1 atom stereocenters. The summed E-state index contributed by atoms with van der Waals surface area (Å²) in [6.45, 7) is 10.7. The molecular weight excluding hydrogens is 392 g/mol. The normalized spacial score (nSPS) is 12.2. The van der Waals surface area contributed by atoms with Gasteiger partial charge >= 0.3 is 0 Å². The van der Waals surface area contributed by atoms with Crippen molar-refractivity contribution < 1.29 is 9.53 Å². The van der Waals surface area contributed by atoms with Crippen molar-refractivity contribution in [1.29, 1.82) is 0 Å². The first-order valence-corrected chi connectivity index (χ1v) is 11.2. The first-order valence-electron chi connectivity index (χ1n) is 10.4. The zero-order valence-corrected chi connectivity index (χ0v) is 19.2. The minimum atomic E-state index is -0.132.